The lowest BCUT2D eigenvalue weighted by Crippen LogP contribution is -2.63. The largest absolute Gasteiger partial charge is 0.501 e. The van der Waals surface area contributed by atoms with Crippen molar-refractivity contribution in [1.82, 2.24) is 0 Å². The Balaban J connectivity index is 2.85. The van der Waals surface area contributed by atoms with Crippen LogP contribution in [0.1, 0.15) is 73.6 Å². The normalized spacial score (nSPS) is 29.4. The van der Waals surface area contributed by atoms with E-state index in [0.717, 1.165) is 31.4 Å². The van der Waals surface area contributed by atoms with Gasteiger partial charge < -0.3 is 9.16 Å². The van der Waals surface area contributed by atoms with Crippen LogP contribution >= 0.6 is 11.6 Å². The van der Waals surface area contributed by atoms with Gasteiger partial charge in [-0.25, -0.2) is 0 Å². The molecule has 0 radical (unpaired) electrons. The van der Waals surface area contributed by atoms with Crippen LogP contribution < -0.4 is 0 Å². The van der Waals surface area contributed by atoms with Crippen LogP contribution in [-0.4, -0.2) is 25.9 Å². The Kier molecular flexibility index (Phi) is 8.00. The van der Waals surface area contributed by atoms with E-state index >= 15 is 0 Å². The third kappa shape index (κ3) is 3.65. The van der Waals surface area contributed by atoms with Crippen molar-refractivity contribution in [3.63, 3.8) is 0 Å². The zero-order valence-electron chi connectivity index (χ0n) is 20.6. The molecule has 0 N–H and O–H groups in total. The summed E-state index contributed by atoms with van der Waals surface area (Å²) >= 11 is 7.28. The quantitative estimate of drug-likeness (QED) is 0.168. The van der Waals surface area contributed by atoms with Gasteiger partial charge in [0.05, 0.1) is 18.9 Å². The number of rotatable bonds is 12. The van der Waals surface area contributed by atoms with Crippen LogP contribution in [0.15, 0.2) is 37.1 Å². The van der Waals surface area contributed by atoms with Crippen molar-refractivity contribution in [2.75, 3.05) is 7.11 Å². The van der Waals surface area contributed by atoms with Gasteiger partial charge in [-0.15, -0.1) is 13.2 Å². The monoisotopic (exact) mass is 463 g/mol. The Morgan fingerprint density at radius 1 is 1.13 bits per heavy atom. The lowest BCUT2D eigenvalue weighted by molar-refractivity contribution is -0.0332. The summed E-state index contributed by atoms with van der Waals surface area (Å²) in [6.07, 6.45) is 10.0. The molecule has 0 heterocycles. The molecule has 0 aliphatic heterocycles. The second-order valence-corrected chi connectivity index (χ2v) is 16.4. The zero-order chi connectivity index (χ0) is 23.7. The van der Waals surface area contributed by atoms with Gasteiger partial charge in [0.2, 0.25) is 8.32 Å². The molecule has 2 aliphatic carbocycles. The molecule has 0 unspecified atom stereocenters. The highest BCUT2D eigenvalue weighted by Crippen LogP contribution is 2.72. The van der Waals surface area contributed by atoms with E-state index in [-0.39, 0.29) is 11.3 Å². The number of nitrogens with zero attached hydrogens (tertiary/aromatic N) is 1. The molecule has 3 nitrogen and oxygen atoms in total. The first kappa shape index (κ1) is 26.2. The first-order chi connectivity index (χ1) is 14.5. The molecule has 1 saturated carbocycles. The number of hydrogen-bond donors (Lipinski definition) is 0. The Bertz CT molecular complexity index is 719. The number of fused-ring (bicyclic) bond motifs is 2. The van der Waals surface area contributed by atoms with Crippen molar-refractivity contribution >= 4 is 19.9 Å². The average molecular weight is 464 g/mol. The van der Waals surface area contributed by atoms with Crippen molar-refractivity contribution in [1.29, 1.82) is 5.26 Å². The first-order valence-electron chi connectivity index (χ1n) is 11.8. The van der Waals surface area contributed by atoms with Crippen molar-refractivity contribution in [2.24, 2.45) is 11.3 Å². The van der Waals surface area contributed by atoms with Gasteiger partial charge in [-0.1, -0.05) is 65.3 Å². The molecule has 2 bridgehead atoms. The number of alkyl halides is 1. The summed E-state index contributed by atoms with van der Waals surface area (Å²) in [6.45, 7) is 21.6. The number of halogens is 1. The summed E-state index contributed by atoms with van der Waals surface area (Å²) in [5.41, 5.74) is -0.0375. The van der Waals surface area contributed by atoms with Gasteiger partial charge in [-0.05, 0) is 54.8 Å². The molecule has 174 valence electrons. The van der Waals surface area contributed by atoms with Gasteiger partial charge in [-0.2, -0.15) is 5.26 Å². The molecule has 3 atom stereocenters. The van der Waals surface area contributed by atoms with Crippen molar-refractivity contribution in [3.8, 4) is 6.07 Å². The van der Waals surface area contributed by atoms with E-state index < -0.39 is 18.8 Å². The number of allylic oxidation sites excluding steroid dienone is 3. The molecular weight excluding hydrogens is 422 g/mol. The lowest BCUT2D eigenvalue weighted by Gasteiger charge is -2.55. The van der Waals surface area contributed by atoms with E-state index in [9.17, 15) is 5.26 Å². The number of hydrogen-bond acceptors (Lipinski definition) is 3. The first-order valence-corrected chi connectivity index (χ1v) is 14.3. The van der Waals surface area contributed by atoms with Crippen LogP contribution in [0.2, 0.25) is 16.6 Å². The minimum Gasteiger partial charge on any atom is -0.501 e. The Morgan fingerprint density at radius 2 is 1.61 bits per heavy atom. The molecule has 2 rings (SSSR count). The van der Waals surface area contributed by atoms with E-state index in [1.165, 1.54) is 0 Å². The summed E-state index contributed by atoms with van der Waals surface area (Å²) < 4.78 is 13.5. The van der Waals surface area contributed by atoms with Gasteiger partial charge in [0, 0.05) is 11.3 Å². The fraction of sp³-hybridized carbons (Fsp3) is 0.731. The maximum atomic E-state index is 10.4. The molecule has 5 heteroatoms. The molecule has 0 aromatic carbocycles. The smallest absolute Gasteiger partial charge is 0.201 e. The van der Waals surface area contributed by atoms with Crippen molar-refractivity contribution in [2.45, 2.75) is 101 Å². The highest BCUT2D eigenvalue weighted by molar-refractivity contribution is 6.77. The summed E-state index contributed by atoms with van der Waals surface area (Å²) in [4.78, 5) is -1.11. The molecule has 0 spiro atoms. The Hall–Kier alpha value is -1.02. The maximum absolute atomic E-state index is 10.4. The molecular formula is C26H42ClNO2Si. The minimum atomic E-state index is -2.36. The number of nitriles is 1. The van der Waals surface area contributed by atoms with E-state index in [2.05, 4.69) is 66.8 Å². The van der Waals surface area contributed by atoms with Crippen LogP contribution in [0.5, 0.6) is 0 Å². The van der Waals surface area contributed by atoms with E-state index in [1.807, 2.05) is 12.2 Å². The summed E-state index contributed by atoms with van der Waals surface area (Å²) in [5.74, 6) is 0.992. The van der Waals surface area contributed by atoms with Gasteiger partial charge in [0.1, 0.15) is 5.60 Å². The van der Waals surface area contributed by atoms with Crippen molar-refractivity contribution in [3.05, 3.63) is 37.1 Å². The van der Waals surface area contributed by atoms with Gasteiger partial charge in [0.15, 0.2) is 4.87 Å². The zero-order valence-corrected chi connectivity index (χ0v) is 22.4. The second kappa shape index (κ2) is 9.46. The predicted octanol–water partition coefficient (Wildman–Crippen LogP) is 7.90. The average Bonchev–Trinajstić information content (AvgIpc) is 3.08. The van der Waals surface area contributed by atoms with Gasteiger partial charge >= 0.3 is 0 Å². The SMILES string of the molecule is C=CCCC1(CCC=C)[C@@H]2C[C@@](Cl)(C#N)[C@@]1(O[Si](C(C)C)(C(C)C)C(C)C)C=C2OC. The maximum Gasteiger partial charge on any atom is 0.201 e. The molecule has 0 aromatic heterocycles. The third-order valence-corrected chi connectivity index (χ3v) is 14.8. The third-order valence-electron chi connectivity index (χ3n) is 8.22. The van der Waals surface area contributed by atoms with Crippen LogP contribution in [-0.2, 0) is 9.16 Å². The fourth-order valence-electron chi connectivity index (χ4n) is 6.95. The van der Waals surface area contributed by atoms with Crippen molar-refractivity contribution < 1.29 is 9.16 Å². The van der Waals surface area contributed by atoms with Crippen LogP contribution in [0.4, 0.5) is 0 Å². The van der Waals surface area contributed by atoms with Gasteiger partial charge in [0.25, 0.3) is 0 Å². The standard InChI is InChI=1S/C26H42ClNO2Si/c1-10-12-14-24(15-13-11-2)22-16-25(27,18-28)26(24,17-23(22)29-9)30-31(19(3)4,20(5)6)21(7)8/h10-11,17,19-22H,1-2,12-16H2,3-9H3/t22-,25-,26-/m1/s1. The topological polar surface area (TPSA) is 42.2 Å². The van der Waals surface area contributed by atoms with E-state index in [4.69, 9.17) is 20.8 Å². The number of ether oxygens (including phenoxy) is 1. The summed E-state index contributed by atoms with van der Waals surface area (Å²) in [7, 11) is -0.633. The highest BCUT2D eigenvalue weighted by atomic mass is 35.5. The molecule has 1 fully saturated rings. The second-order valence-electron chi connectivity index (χ2n) is 10.4. The Labute approximate surface area is 196 Å². The van der Waals surface area contributed by atoms with E-state index in [0.29, 0.717) is 23.0 Å². The molecule has 0 saturated heterocycles. The molecule has 0 aromatic rings. The van der Waals surface area contributed by atoms with Crippen LogP contribution in [0, 0.1) is 22.7 Å². The van der Waals surface area contributed by atoms with Crippen LogP contribution in [0.3, 0.4) is 0 Å². The summed E-state index contributed by atoms with van der Waals surface area (Å²) in [5, 5.41) is 10.4. The lowest BCUT2D eigenvalue weighted by atomic mass is 9.66. The fourth-order valence-corrected chi connectivity index (χ4v) is 13.2. The van der Waals surface area contributed by atoms with E-state index in [1.54, 1.807) is 7.11 Å². The number of methoxy groups -OCH3 is 1. The summed E-state index contributed by atoms with van der Waals surface area (Å²) in [6, 6.07) is 2.52. The molecule has 0 amide bonds. The minimum absolute atomic E-state index is 0.0627. The van der Waals surface area contributed by atoms with Gasteiger partial charge in [-0.3, -0.25) is 0 Å². The Morgan fingerprint density at radius 3 is 1.97 bits per heavy atom. The highest BCUT2D eigenvalue weighted by Gasteiger charge is 2.77. The predicted molar refractivity (Wildman–Crippen MR) is 134 cm³/mol. The molecule has 31 heavy (non-hydrogen) atoms. The van der Waals surface area contributed by atoms with Crippen LogP contribution in [0.25, 0.3) is 0 Å². The molecule has 2 aliphatic rings.